The van der Waals surface area contributed by atoms with E-state index in [9.17, 15) is 102 Å². The maximum Gasteiger partial charge on any atom is 0.314 e. The van der Waals surface area contributed by atoms with Crippen molar-refractivity contribution in [3.05, 3.63) is 12.2 Å². The van der Waals surface area contributed by atoms with E-state index < -0.39 is 258 Å². The number of fused-ring (bicyclic) bond motifs is 3. The number of carbonyl (C=O) groups is 1. The molecule has 4 aliphatic carbocycles. The standard InChI is InChI=1S/C56H90O33/c1-19-11-55-9-5-26-53(2,7-4-8-54(26,3)52(77)88-50-44(86-48-40(75)36(71)30(65)22(14-59)80-48)42(32(67)24(16-61)82-50)84-46-38(73)34(69)28(63)20(12-57)78-46)27(55)6-10-56(19,18-55)89-51-45(87-49-41(76)37(72)31(66)23(15-60)81-49)43(33(68)25(17-62)83-51)85-47-39(74)35(70)29(64)21(13-58)79-47/h20-51,57-76H,1,4-18H2,2-3H3/t20?,21?,22?,23?,24?,25?,26?,27?,28-,29?,30-,31?,32-,33?,34+,35?,36+,37?,38?,39?,40?,41?,42+,43?,44?,45?,46+,47?,48+,49?,50+,51?,53-,54-,55-,56+/m1/s1. The molecule has 2 bridgehead atoms. The summed E-state index contributed by atoms with van der Waals surface area (Å²) in [5.74, 6) is -1.44. The lowest BCUT2D eigenvalue weighted by molar-refractivity contribution is -0.400. The summed E-state index contributed by atoms with van der Waals surface area (Å²) in [6, 6.07) is 0. The first kappa shape index (κ1) is 69.8. The molecule has 36 atom stereocenters. The third-order valence-electron chi connectivity index (χ3n) is 21.3. The van der Waals surface area contributed by atoms with Gasteiger partial charge in [0.15, 0.2) is 37.6 Å². The van der Waals surface area contributed by atoms with Gasteiger partial charge in [0.25, 0.3) is 0 Å². The molecule has 0 aromatic rings. The van der Waals surface area contributed by atoms with Crippen molar-refractivity contribution >= 4 is 5.97 Å². The van der Waals surface area contributed by atoms with Crippen LogP contribution in [0.2, 0.25) is 0 Å². The van der Waals surface area contributed by atoms with E-state index in [1.807, 2.05) is 0 Å². The van der Waals surface area contributed by atoms with Crippen LogP contribution in [-0.2, 0) is 61.6 Å². The molecule has 23 unspecified atom stereocenters. The van der Waals surface area contributed by atoms with Crippen LogP contribution in [0.4, 0.5) is 0 Å². The summed E-state index contributed by atoms with van der Waals surface area (Å²) in [5.41, 5.74) is -3.24. The summed E-state index contributed by atoms with van der Waals surface area (Å²) in [5, 5.41) is 215. The van der Waals surface area contributed by atoms with Gasteiger partial charge in [-0.05, 0) is 86.5 Å². The van der Waals surface area contributed by atoms with E-state index in [2.05, 4.69) is 13.5 Å². The van der Waals surface area contributed by atoms with E-state index in [0.29, 0.717) is 44.1 Å². The molecule has 10 aliphatic rings. The normalized spacial score (nSPS) is 54.5. The Kier molecular flexibility index (Phi) is 21.4. The molecule has 0 radical (unpaired) electrons. The van der Waals surface area contributed by atoms with Crippen molar-refractivity contribution in [1.82, 2.24) is 0 Å². The Morgan fingerprint density at radius 1 is 0.427 bits per heavy atom. The Labute approximate surface area is 509 Å². The molecular weight excluding hydrogens is 1200 g/mol. The largest absolute Gasteiger partial charge is 0.432 e. The van der Waals surface area contributed by atoms with Crippen LogP contribution in [0.5, 0.6) is 0 Å². The summed E-state index contributed by atoms with van der Waals surface area (Å²) in [6.45, 7) is 3.03. The molecule has 33 nitrogen and oxygen atoms in total. The van der Waals surface area contributed by atoms with E-state index in [0.717, 1.165) is 0 Å². The number of hydrogen-bond donors (Lipinski definition) is 20. The first-order valence-electron chi connectivity index (χ1n) is 30.4. The highest BCUT2D eigenvalue weighted by Gasteiger charge is 2.70. The molecule has 6 heterocycles. The molecule has 6 saturated heterocycles. The lowest BCUT2D eigenvalue weighted by Crippen LogP contribution is -2.68. The zero-order valence-corrected chi connectivity index (χ0v) is 49.0. The van der Waals surface area contributed by atoms with Crippen molar-refractivity contribution in [3.63, 3.8) is 0 Å². The van der Waals surface area contributed by atoms with Crippen LogP contribution in [0.25, 0.3) is 0 Å². The van der Waals surface area contributed by atoms with E-state index in [-0.39, 0.29) is 25.2 Å². The van der Waals surface area contributed by atoms with Gasteiger partial charge in [0.05, 0.1) is 50.7 Å². The van der Waals surface area contributed by atoms with Gasteiger partial charge in [0, 0.05) is 0 Å². The number of aliphatic hydroxyl groups is 20. The Hall–Kier alpha value is -2.03. The van der Waals surface area contributed by atoms with Crippen LogP contribution in [0.3, 0.4) is 0 Å². The Balaban J connectivity index is 0.921. The molecule has 33 heteroatoms. The topological polar surface area (TPSA) is 532 Å². The highest BCUT2D eigenvalue weighted by atomic mass is 16.8. The van der Waals surface area contributed by atoms with E-state index in [4.69, 9.17) is 56.8 Å². The summed E-state index contributed by atoms with van der Waals surface area (Å²) >= 11 is 0. The molecule has 1 spiro atoms. The highest BCUT2D eigenvalue weighted by Crippen LogP contribution is 2.74. The third kappa shape index (κ3) is 12.3. The summed E-state index contributed by atoms with van der Waals surface area (Å²) < 4.78 is 72.9. The molecule has 20 N–H and O–H groups in total. The summed E-state index contributed by atoms with van der Waals surface area (Å²) in [4.78, 5) is 15.4. The van der Waals surface area contributed by atoms with Crippen molar-refractivity contribution < 1.29 is 164 Å². The van der Waals surface area contributed by atoms with Gasteiger partial charge in [-0.1, -0.05) is 19.9 Å². The molecule has 0 aromatic carbocycles. The average molecular weight is 1290 g/mol. The fourth-order valence-corrected chi connectivity index (χ4v) is 16.4. The number of hydrogen-bond acceptors (Lipinski definition) is 33. The number of aliphatic hydroxyl groups excluding tert-OH is 20. The second kappa shape index (κ2) is 27.2. The van der Waals surface area contributed by atoms with Gasteiger partial charge in [0.2, 0.25) is 6.29 Å². The van der Waals surface area contributed by atoms with Crippen molar-refractivity contribution in [2.45, 2.75) is 261 Å². The molecule has 512 valence electrons. The van der Waals surface area contributed by atoms with Crippen molar-refractivity contribution in [2.24, 2.45) is 28.1 Å². The minimum Gasteiger partial charge on any atom is -0.432 e. The minimum atomic E-state index is -2.08. The Bertz CT molecular complexity index is 2390. The van der Waals surface area contributed by atoms with E-state index in [1.165, 1.54) is 0 Å². The van der Waals surface area contributed by atoms with Gasteiger partial charge in [-0.3, -0.25) is 4.79 Å². The summed E-state index contributed by atoms with van der Waals surface area (Å²) in [6.07, 6.45) is -51.9. The number of rotatable bonds is 18. The van der Waals surface area contributed by atoms with Crippen LogP contribution in [0.15, 0.2) is 12.2 Å². The maximum absolute atomic E-state index is 15.4. The van der Waals surface area contributed by atoms with Crippen LogP contribution in [0.1, 0.15) is 71.6 Å². The van der Waals surface area contributed by atoms with Gasteiger partial charge < -0.3 is 159 Å². The average Bonchev–Trinajstić information content (AvgIpc) is 1.62. The minimum absolute atomic E-state index is 0.154. The SMILES string of the molecule is C=C1C[C@@]23CCC4[C@@](C)(CCC[C@@]4(C)C(=O)O[C@@H]4OC(CO)[C@@H](O)[C@H](O[C@@H]5OC(CO)[C@@H](O)[C@H](O)C5O)C4O[C@@H]4OC(CO)[C@@H](O)[C@H](O)C4O)C2CC[C@]1(OC1OC(CO)C(O)C(OC2OC(CO)C(O)C(O)C2O)C1OC1OC(CO)C(O)C(O)C1O)C3. The van der Waals surface area contributed by atoms with Gasteiger partial charge in [0.1, 0.15) is 140 Å². The second-order valence-electron chi connectivity index (χ2n) is 26.4. The first-order valence-corrected chi connectivity index (χ1v) is 30.4. The number of carbonyl (C=O) groups excluding carboxylic acids is 1. The second-order valence-corrected chi connectivity index (χ2v) is 26.4. The predicted octanol–water partition coefficient (Wildman–Crippen LogP) is -9.47. The molecule has 0 aromatic heterocycles. The first-order chi connectivity index (χ1) is 42.1. The molecule has 10 fully saturated rings. The van der Waals surface area contributed by atoms with Gasteiger partial charge >= 0.3 is 5.97 Å². The lowest BCUT2D eigenvalue weighted by atomic mass is 9.41. The monoisotopic (exact) mass is 1290 g/mol. The van der Waals surface area contributed by atoms with Gasteiger partial charge in [-0.15, -0.1) is 0 Å². The zero-order chi connectivity index (χ0) is 64.7. The predicted molar refractivity (Wildman–Crippen MR) is 284 cm³/mol. The molecule has 89 heavy (non-hydrogen) atoms. The quantitative estimate of drug-likeness (QED) is 0.0344. The maximum atomic E-state index is 15.4. The molecular formula is C56H90O33. The van der Waals surface area contributed by atoms with Crippen molar-refractivity contribution in [1.29, 1.82) is 0 Å². The Morgan fingerprint density at radius 2 is 0.775 bits per heavy atom. The summed E-state index contributed by atoms with van der Waals surface area (Å²) in [7, 11) is 0. The van der Waals surface area contributed by atoms with Crippen LogP contribution >= 0.6 is 0 Å². The molecule has 10 rings (SSSR count). The zero-order valence-electron chi connectivity index (χ0n) is 49.0. The molecule has 0 amide bonds. The fraction of sp³-hybridized carbons (Fsp3) is 0.946. The van der Waals surface area contributed by atoms with E-state index >= 15 is 4.79 Å². The van der Waals surface area contributed by atoms with E-state index in [1.54, 1.807) is 6.92 Å². The van der Waals surface area contributed by atoms with Crippen LogP contribution < -0.4 is 0 Å². The smallest absolute Gasteiger partial charge is 0.314 e. The highest BCUT2D eigenvalue weighted by molar-refractivity contribution is 5.77. The van der Waals surface area contributed by atoms with Gasteiger partial charge in [-0.2, -0.15) is 0 Å². The molecule has 6 aliphatic heterocycles. The van der Waals surface area contributed by atoms with Crippen molar-refractivity contribution in [3.8, 4) is 0 Å². The molecule has 4 saturated carbocycles. The Morgan fingerprint density at radius 3 is 1.18 bits per heavy atom. The van der Waals surface area contributed by atoms with Crippen LogP contribution in [0, 0.1) is 28.1 Å². The van der Waals surface area contributed by atoms with Crippen molar-refractivity contribution in [2.75, 3.05) is 39.6 Å². The van der Waals surface area contributed by atoms with Crippen LogP contribution in [-0.4, -0.2) is 338 Å². The number of esters is 1. The third-order valence-corrected chi connectivity index (χ3v) is 21.3. The fourth-order valence-electron chi connectivity index (χ4n) is 16.4. The lowest BCUT2D eigenvalue weighted by Gasteiger charge is -2.64. The van der Waals surface area contributed by atoms with Gasteiger partial charge in [-0.25, -0.2) is 0 Å². The number of ether oxygens (including phenoxy) is 12.